The van der Waals surface area contributed by atoms with Crippen molar-refractivity contribution in [2.45, 2.75) is 30.2 Å². The maximum Gasteiger partial charge on any atom is 0.580 e. The third kappa shape index (κ3) is 6.92. The Balaban J connectivity index is 2.28. The third-order valence-electron chi connectivity index (χ3n) is 3.87. The Morgan fingerprint density at radius 3 is 2.33 bits per heavy atom. The summed E-state index contributed by atoms with van der Waals surface area (Å²) in [5, 5.41) is 20.4. The molecule has 2 heterocycles. The van der Waals surface area contributed by atoms with Gasteiger partial charge in [-0.3, -0.25) is 9.46 Å². The largest absolute Gasteiger partial charge is 0.580 e. The lowest BCUT2D eigenvalue weighted by molar-refractivity contribution is -0.304. The van der Waals surface area contributed by atoms with Crippen LogP contribution in [0.15, 0.2) is 12.3 Å². The van der Waals surface area contributed by atoms with Gasteiger partial charge in [0.2, 0.25) is 5.60 Å². The van der Waals surface area contributed by atoms with Crippen molar-refractivity contribution in [1.82, 2.24) is 9.55 Å². The molecule has 0 bridgehead atoms. The zero-order valence-electron chi connectivity index (χ0n) is 15.4. The zero-order valence-corrected chi connectivity index (χ0v) is 19.7. The molecule has 0 aliphatic carbocycles. The standard InChI is InChI=1S/C10H14F3N2O13P3S2/c11-10(12,13)9(17)6(16)4(26-7(9)15-2-1-5(32)14-8(15)33)3-25-30(21,22)28-31(23,24)27-29(18,19)20/h1-2,4,6-7,16-17,21-22H,3H2,(H3-,14,18,19,20,23,24,32,33)/p+1/t4-,6+,7-,9?/m1/s1. The molecule has 0 aromatic carbocycles. The van der Waals surface area contributed by atoms with Gasteiger partial charge in [0, 0.05) is 6.20 Å². The highest BCUT2D eigenvalue weighted by Gasteiger charge is 2.71. The molecular formula is C10H15F3N2O13P3S2+. The Labute approximate surface area is 191 Å². The molecule has 23 heteroatoms. The minimum absolute atomic E-state index is 0.0171. The summed E-state index contributed by atoms with van der Waals surface area (Å²) in [4.78, 5) is 47.5. The third-order valence-corrected chi connectivity index (χ3v) is 8.26. The number of ether oxygens (including phenoxy) is 1. The number of aromatic amines is 1. The molecule has 0 radical (unpaired) electrons. The van der Waals surface area contributed by atoms with Crippen LogP contribution >= 0.6 is 48.3 Å². The molecule has 1 saturated heterocycles. The molecule has 0 saturated carbocycles. The van der Waals surface area contributed by atoms with Gasteiger partial charge in [0.15, 0.2) is 11.0 Å². The van der Waals surface area contributed by atoms with Gasteiger partial charge < -0.3 is 29.7 Å². The number of phosphoric acid groups is 2. The van der Waals surface area contributed by atoms with Crippen molar-refractivity contribution < 1.29 is 74.9 Å². The zero-order chi connectivity index (χ0) is 25.6. The van der Waals surface area contributed by atoms with E-state index in [1.165, 1.54) is 0 Å². The molecule has 1 aliphatic rings. The maximum absolute atomic E-state index is 13.7. The quantitative estimate of drug-likeness (QED) is 0.155. The number of nitrogens with one attached hydrogen (secondary N) is 1. The molecular weight excluding hydrogens is 570 g/mol. The average molecular weight is 585 g/mol. The second-order valence-corrected chi connectivity index (χ2v) is 11.5. The minimum atomic E-state index is -5.84. The van der Waals surface area contributed by atoms with E-state index in [4.69, 9.17) is 43.9 Å². The predicted molar refractivity (Wildman–Crippen MR) is 103 cm³/mol. The number of rotatable bonds is 8. The Kier molecular flexibility index (Phi) is 8.49. The van der Waals surface area contributed by atoms with Gasteiger partial charge in [0.1, 0.15) is 23.5 Å². The van der Waals surface area contributed by atoms with E-state index in [0.29, 0.717) is 4.57 Å². The number of nitrogens with zero attached hydrogens (tertiary/aromatic N) is 1. The van der Waals surface area contributed by atoms with Crippen molar-refractivity contribution in [3.05, 3.63) is 21.7 Å². The monoisotopic (exact) mass is 585 g/mol. The fourth-order valence-electron chi connectivity index (χ4n) is 2.58. The van der Waals surface area contributed by atoms with Crippen LogP contribution in [0.3, 0.4) is 0 Å². The minimum Gasteiger partial charge on any atom is -0.387 e. The van der Waals surface area contributed by atoms with E-state index in [-0.39, 0.29) is 4.64 Å². The smallest absolute Gasteiger partial charge is 0.387 e. The van der Waals surface area contributed by atoms with E-state index >= 15 is 0 Å². The topological polar surface area (TPSA) is 233 Å². The lowest BCUT2D eigenvalue weighted by atomic mass is 9.93. The van der Waals surface area contributed by atoms with Crippen LogP contribution in [-0.4, -0.2) is 74.8 Å². The highest BCUT2D eigenvalue weighted by molar-refractivity contribution is 7.72. The van der Waals surface area contributed by atoms with Gasteiger partial charge in [-0.05, 0) is 22.6 Å². The van der Waals surface area contributed by atoms with Crippen molar-refractivity contribution in [2.75, 3.05) is 6.61 Å². The van der Waals surface area contributed by atoms with Gasteiger partial charge in [-0.15, -0.1) is 0 Å². The molecule has 15 nitrogen and oxygen atoms in total. The van der Waals surface area contributed by atoms with Crippen LogP contribution in [0.25, 0.3) is 0 Å². The van der Waals surface area contributed by atoms with Crippen LogP contribution in [0.1, 0.15) is 6.23 Å². The van der Waals surface area contributed by atoms with Crippen LogP contribution in [-0.2, 0) is 27.0 Å². The van der Waals surface area contributed by atoms with Gasteiger partial charge >= 0.3 is 30.0 Å². The predicted octanol–water partition coefficient (Wildman–Crippen LogP) is 0.732. The Hall–Kier alpha value is -0.240. The number of halogens is 3. The Bertz CT molecular complexity index is 1090. The molecule has 1 aromatic heterocycles. The Morgan fingerprint density at radius 2 is 1.85 bits per heavy atom. The van der Waals surface area contributed by atoms with Crippen LogP contribution in [0, 0.1) is 9.41 Å². The fraction of sp³-hybridized carbons (Fsp3) is 0.600. The van der Waals surface area contributed by atoms with Crippen LogP contribution < -0.4 is 0 Å². The summed E-state index contributed by atoms with van der Waals surface area (Å²) >= 11 is 9.62. The van der Waals surface area contributed by atoms with Gasteiger partial charge in [0.05, 0.1) is 0 Å². The highest BCUT2D eigenvalue weighted by atomic mass is 32.1. The van der Waals surface area contributed by atoms with Crippen LogP contribution in [0.4, 0.5) is 13.2 Å². The van der Waals surface area contributed by atoms with Crippen molar-refractivity contribution in [1.29, 1.82) is 0 Å². The molecule has 5 atom stereocenters. The molecule has 2 unspecified atom stereocenters. The van der Waals surface area contributed by atoms with E-state index in [1.54, 1.807) is 0 Å². The second kappa shape index (κ2) is 9.67. The van der Waals surface area contributed by atoms with Crippen molar-refractivity contribution in [3.8, 4) is 0 Å². The first-order valence-electron chi connectivity index (χ1n) is 7.93. The first-order chi connectivity index (χ1) is 14.7. The van der Waals surface area contributed by atoms with E-state index in [2.05, 4.69) is 18.1 Å². The van der Waals surface area contributed by atoms with E-state index in [0.717, 1.165) is 12.3 Å². The molecule has 1 fully saturated rings. The molecule has 8 N–H and O–H groups in total. The summed E-state index contributed by atoms with van der Waals surface area (Å²) in [7, 11) is -17.0. The molecule has 1 aromatic rings. The number of aliphatic hydroxyl groups excluding tert-OH is 1. The summed E-state index contributed by atoms with van der Waals surface area (Å²) in [5.74, 6) is 0. The number of hydrogen-bond acceptors (Lipinski definition) is 12. The summed E-state index contributed by atoms with van der Waals surface area (Å²) in [6.07, 6.45) is -12.1. The first kappa shape index (κ1) is 29.0. The number of H-pyrrole nitrogens is 1. The van der Waals surface area contributed by atoms with Gasteiger partial charge in [0.25, 0.3) is 0 Å². The molecule has 1 aliphatic heterocycles. The number of aliphatic hydroxyl groups is 2. The molecule has 0 amide bonds. The van der Waals surface area contributed by atoms with E-state index in [1.807, 2.05) is 0 Å². The number of alkyl halides is 3. The molecule has 33 heavy (non-hydrogen) atoms. The normalized spacial score (nSPS) is 28.6. The van der Waals surface area contributed by atoms with Gasteiger partial charge in [-0.1, -0.05) is 12.2 Å². The number of aromatic nitrogens is 2. The fourth-order valence-corrected chi connectivity index (χ4v) is 6.14. The van der Waals surface area contributed by atoms with Crippen LogP contribution in [0.2, 0.25) is 0 Å². The first-order valence-corrected chi connectivity index (χ1v) is 13.3. The summed E-state index contributed by atoms with van der Waals surface area (Å²) in [5.41, 5.74) is -4.02. The highest BCUT2D eigenvalue weighted by Crippen LogP contribution is 2.70. The molecule has 190 valence electrons. The second-order valence-electron chi connectivity index (χ2n) is 6.22. The maximum atomic E-state index is 13.7. The summed E-state index contributed by atoms with van der Waals surface area (Å²) < 4.78 is 79.4. The lowest BCUT2D eigenvalue weighted by Crippen LogP contribution is -2.57. The van der Waals surface area contributed by atoms with E-state index < -0.39 is 65.4 Å². The summed E-state index contributed by atoms with van der Waals surface area (Å²) in [6, 6.07) is 1.09. The SMILES string of the molecule is O=P(O)(O)OP(=O)(O)O[P+](O)(O)OC[C@H]1O[C@@H](n2ccc(=S)[nH]c2=S)C(O)(C(F)(F)F)[C@H]1O. The van der Waals surface area contributed by atoms with Crippen LogP contribution in [0.5, 0.6) is 0 Å². The summed E-state index contributed by atoms with van der Waals surface area (Å²) in [6.45, 7) is -1.40. The molecule has 0 spiro atoms. The average Bonchev–Trinajstić information content (AvgIpc) is 2.82. The van der Waals surface area contributed by atoms with Gasteiger partial charge in [-0.25, -0.2) is 9.13 Å². The van der Waals surface area contributed by atoms with Crippen molar-refractivity contribution >= 4 is 48.3 Å². The van der Waals surface area contributed by atoms with Crippen molar-refractivity contribution in [2.24, 2.45) is 0 Å². The Morgan fingerprint density at radius 1 is 1.27 bits per heavy atom. The number of hydrogen-bond donors (Lipinski definition) is 8. The van der Waals surface area contributed by atoms with Crippen molar-refractivity contribution in [3.63, 3.8) is 0 Å². The molecule has 2 rings (SSSR count). The lowest BCUT2D eigenvalue weighted by Gasteiger charge is -2.33. The van der Waals surface area contributed by atoms with E-state index in [9.17, 15) is 42.3 Å². The van der Waals surface area contributed by atoms with Gasteiger partial charge in [-0.2, -0.15) is 31.8 Å².